The van der Waals surface area contributed by atoms with E-state index in [2.05, 4.69) is 38.8 Å². The first kappa shape index (κ1) is 23.6. The van der Waals surface area contributed by atoms with Crippen LogP contribution < -0.4 is 11.2 Å². The Morgan fingerprint density at radius 1 is 1.37 bits per heavy atom. The lowest BCUT2D eigenvalue weighted by atomic mass is 10.2. The largest absolute Gasteiger partial charge is 0.493 e. The Kier molecular flexibility index (Phi) is 7.09. The number of aromatic nitrogens is 2. The summed E-state index contributed by atoms with van der Waals surface area (Å²) in [4.78, 5) is 26.2. The van der Waals surface area contributed by atoms with Crippen molar-refractivity contribution in [2.24, 2.45) is 0 Å². The summed E-state index contributed by atoms with van der Waals surface area (Å²) >= 11 is 0. The highest BCUT2D eigenvalue weighted by Crippen LogP contribution is 2.38. The van der Waals surface area contributed by atoms with Gasteiger partial charge in [-0.25, -0.2) is 4.79 Å². The van der Waals surface area contributed by atoms with E-state index in [1.807, 2.05) is 0 Å². The van der Waals surface area contributed by atoms with Gasteiger partial charge in [-0.05, 0) is 25.1 Å². The van der Waals surface area contributed by atoms with Crippen LogP contribution in [0.2, 0.25) is 18.1 Å². The molecule has 1 aromatic heterocycles. The number of aryl methyl sites for hydroxylation is 1. The van der Waals surface area contributed by atoms with Crippen LogP contribution in [0, 0.1) is 29.6 Å². The molecule has 162 valence electrons. The molecular weight excluding hydrogens is 404 g/mol. The number of hydrogen-bond donors (Lipinski definition) is 1. The zero-order chi connectivity index (χ0) is 22.7. The lowest BCUT2D eigenvalue weighted by Gasteiger charge is -2.37. The van der Waals surface area contributed by atoms with Crippen molar-refractivity contribution < 1.29 is 13.9 Å². The number of nitrogens with zero attached hydrogens (tertiary/aromatic N) is 3. The lowest BCUT2D eigenvalue weighted by molar-refractivity contribution is -0.0455. The van der Waals surface area contributed by atoms with Crippen molar-refractivity contribution >= 4 is 8.32 Å². The Morgan fingerprint density at radius 2 is 2.00 bits per heavy atom. The van der Waals surface area contributed by atoms with Crippen LogP contribution in [0.25, 0.3) is 0 Å². The first-order chi connectivity index (χ1) is 13.9. The number of aromatic amines is 1. The van der Waals surface area contributed by atoms with E-state index in [0.717, 1.165) is 6.26 Å². The zero-order valence-electron chi connectivity index (χ0n) is 18.2. The topological polar surface area (TPSA) is 130 Å². The van der Waals surface area contributed by atoms with Crippen molar-refractivity contribution in [1.29, 1.82) is 10.5 Å². The third kappa shape index (κ3) is 5.28. The molecule has 0 spiro atoms. The molecule has 2 heterocycles. The summed E-state index contributed by atoms with van der Waals surface area (Å²) < 4.78 is 19.3. The number of nitriles is 2. The second kappa shape index (κ2) is 9.00. The summed E-state index contributed by atoms with van der Waals surface area (Å²) in [6.45, 7) is 12.5. The average Bonchev–Trinajstić information content (AvgIpc) is 3.06. The van der Waals surface area contributed by atoms with Crippen molar-refractivity contribution in [3.8, 4) is 12.1 Å². The van der Waals surface area contributed by atoms with Crippen LogP contribution in [0.4, 0.5) is 0 Å². The van der Waals surface area contributed by atoms with Gasteiger partial charge in [0.25, 0.3) is 5.56 Å². The predicted molar refractivity (Wildman–Crippen MR) is 112 cm³/mol. The molecule has 1 aliphatic heterocycles. The summed E-state index contributed by atoms with van der Waals surface area (Å²) in [5, 5.41) is 17.9. The van der Waals surface area contributed by atoms with Crippen LogP contribution in [0.1, 0.15) is 39.0 Å². The summed E-state index contributed by atoms with van der Waals surface area (Å²) in [5.74, 6) is 0. The van der Waals surface area contributed by atoms with Crippen molar-refractivity contribution in [3.63, 3.8) is 0 Å². The van der Waals surface area contributed by atoms with Gasteiger partial charge < -0.3 is 13.9 Å². The van der Waals surface area contributed by atoms with Crippen molar-refractivity contribution in [2.45, 2.75) is 70.7 Å². The molecule has 0 unspecified atom stereocenters. The molecule has 0 aromatic carbocycles. The highest BCUT2D eigenvalue weighted by atomic mass is 28.4. The first-order valence-corrected chi connectivity index (χ1v) is 12.6. The number of allylic oxidation sites excluding steroid dienone is 1. The summed E-state index contributed by atoms with van der Waals surface area (Å²) in [7, 11) is -2.06. The molecule has 0 bridgehead atoms. The smallest absolute Gasteiger partial charge is 0.330 e. The van der Waals surface area contributed by atoms with Crippen LogP contribution in [-0.4, -0.2) is 36.7 Å². The standard InChI is InChI=1S/C20H28N4O5Si/c1-13-10-24(19(26)23-18(13)25)17-7-15(27-11-14(8-21)9-22)16(29-17)12-28-30(5,6)20(2,3)4/h10-11,15-17H,7,12H2,1-6H3,(H,23,25,26)/t15-,16+,17+/m0/s1. The normalized spacial score (nSPS) is 21.5. The SMILES string of the molecule is Cc1cn([C@H]2C[C@H](OC=C(C#N)C#N)[C@@H](CO[Si](C)(C)C(C)(C)C)O2)c(=O)[nH]c1=O. The van der Waals surface area contributed by atoms with E-state index in [9.17, 15) is 9.59 Å². The van der Waals surface area contributed by atoms with Gasteiger partial charge in [0.05, 0.1) is 6.61 Å². The third-order valence-corrected chi connectivity index (χ3v) is 10.2. The fourth-order valence-corrected chi connectivity index (χ4v) is 3.72. The third-order valence-electron chi connectivity index (χ3n) is 5.65. The molecule has 1 N–H and O–H groups in total. The molecular formula is C20H28N4O5Si. The minimum Gasteiger partial charge on any atom is -0.493 e. The van der Waals surface area contributed by atoms with E-state index >= 15 is 0 Å². The van der Waals surface area contributed by atoms with Crippen molar-refractivity contribution in [2.75, 3.05) is 6.61 Å². The van der Waals surface area contributed by atoms with Gasteiger partial charge in [0.1, 0.15) is 36.8 Å². The van der Waals surface area contributed by atoms with Crippen molar-refractivity contribution in [1.82, 2.24) is 9.55 Å². The lowest BCUT2D eigenvalue weighted by Crippen LogP contribution is -2.44. The maximum atomic E-state index is 12.3. The Hall–Kier alpha value is -2.66. The molecule has 2 rings (SSSR count). The monoisotopic (exact) mass is 432 g/mol. The quantitative estimate of drug-likeness (QED) is 0.415. The molecule has 1 aromatic rings. The maximum Gasteiger partial charge on any atom is 0.330 e. The van der Waals surface area contributed by atoms with Gasteiger partial charge in [0, 0.05) is 18.2 Å². The second-order valence-electron chi connectivity index (χ2n) is 8.84. The molecule has 0 saturated carbocycles. The highest BCUT2D eigenvalue weighted by molar-refractivity contribution is 6.74. The minimum atomic E-state index is -2.06. The van der Waals surface area contributed by atoms with Crippen LogP contribution in [0.15, 0.2) is 27.6 Å². The fraction of sp³-hybridized carbons (Fsp3) is 0.600. The summed E-state index contributed by atoms with van der Waals surface area (Å²) in [6.07, 6.45) is 1.13. The number of H-pyrrole nitrogens is 1. The van der Waals surface area contributed by atoms with Gasteiger partial charge in [0.15, 0.2) is 13.9 Å². The first-order valence-electron chi connectivity index (χ1n) is 9.67. The Labute approximate surface area is 176 Å². The van der Waals surface area contributed by atoms with Crippen LogP contribution in [0.3, 0.4) is 0 Å². The van der Waals surface area contributed by atoms with E-state index in [0.29, 0.717) is 5.56 Å². The van der Waals surface area contributed by atoms with Gasteiger partial charge in [-0.3, -0.25) is 14.3 Å². The number of nitrogens with one attached hydrogen (secondary N) is 1. The van der Waals surface area contributed by atoms with Gasteiger partial charge >= 0.3 is 5.69 Å². The van der Waals surface area contributed by atoms with Crippen LogP contribution >= 0.6 is 0 Å². The van der Waals surface area contributed by atoms with Gasteiger partial charge in [-0.15, -0.1) is 0 Å². The van der Waals surface area contributed by atoms with E-state index in [-0.39, 0.29) is 23.6 Å². The van der Waals surface area contributed by atoms with E-state index < -0.39 is 38.0 Å². The highest BCUT2D eigenvalue weighted by Gasteiger charge is 2.42. The predicted octanol–water partition coefficient (Wildman–Crippen LogP) is 2.47. The van der Waals surface area contributed by atoms with Gasteiger partial charge in [0.2, 0.25) is 0 Å². The van der Waals surface area contributed by atoms with E-state index in [1.54, 1.807) is 19.1 Å². The summed E-state index contributed by atoms with van der Waals surface area (Å²) in [5.41, 5.74) is -0.812. The van der Waals surface area contributed by atoms with E-state index in [4.69, 9.17) is 24.4 Å². The Morgan fingerprint density at radius 3 is 2.57 bits per heavy atom. The molecule has 3 atom stereocenters. The number of rotatable bonds is 6. The zero-order valence-corrected chi connectivity index (χ0v) is 19.2. The molecule has 0 amide bonds. The van der Waals surface area contributed by atoms with Gasteiger partial charge in [-0.2, -0.15) is 10.5 Å². The molecule has 10 heteroatoms. The minimum absolute atomic E-state index is 0.00299. The Bertz CT molecular complexity index is 990. The van der Waals surface area contributed by atoms with E-state index in [1.165, 1.54) is 10.8 Å². The number of ether oxygens (including phenoxy) is 2. The van der Waals surface area contributed by atoms with Crippen LogP contribution in [-0.2, 0) is 13.9 Å². The molecule has 1 saturated heterocycles. The van der Waals surface area contributed by atoms with Crippen LogP contribution in [0.5, 0.6) is 0 Å². The number of hydrogen-bond acceptors (Lipinski definition) is 7. The van der Waals surface area contributed by atoms with Crippen molar-refractivity contribution in [3.05, 3.63) is 44.4 Å². The molecule has 1 aliphatic rings. The Balaban J connectivity index is 2.28. The van der Waals surface area contributed by atoms with Gasteiger partial charge in [-0.1, -0.05) is 20.8 Å². The maximum absolute atomic E-state index is 12.3. The second-order valence-corrected chi connectivity index (χ2v) is 13.7. The average molecular weight is 433 g/mol. The molecule has 1 fully saturated rings. The molecule has 9 nitrogen and oxygen atoms in total. The molecule has 0 radical (unpaired) electrons. The molecule has 0 aliphatic carbocycles. The molecule has 30 heavy (non-hydrogen) atoms. The summed E-state index contributed by atoms with van der Waals surface area (Å²) in [6, 6.07) is 3.49. The fourth-order valence-electron chi connectivity index (χ4n) is 2.70.